The van der Waals surface area contributed by atoms with Crippen LogP contribution in [0.3, 0.4) is 0 Å². The molecule has 3 N–H and O–H groups in total. The zero-order chi connectivity index (χ0) is 12.0. The summed E-state index contributed by atoms with van der Waals surface area (Å²) in [4.78, 5) is 11.8. The van der Waals surface area contributed by atoms with Gasteiger partial charge in [-0.25, -0.2) is 0 Å². The number of hydrogen-bond acceptors (Lipinski definition) is 2. The fourth-order valence-corrected chi connectivity index (χ4v) is 1.63. The largest absolute Gasteiger partial charge is 0.352 e. The van der Waals surface area contributed by atoms with Gasteiger partial charge in [0.05, 0.1) is 0 Å². The van der Waals surface area contributed by atoms with Crippen molar-refractivity contribution < 1.29 is 4.79 Å². The number of amides is 1. The predicted octanol–water partition coefficient (Wildman–Crippen LogP) is 2.19. The molecular formula is C13H21ClN2O. The van der Waals surface area contributed by atoms with Crippen molar-refractivity contribution in [1.29, 1.82) is 0 Å². The molecular weight excluding hydrogens is 236 g/mol. The van der Waals surface area contributed by atoms with E-state index in [4.69, 9.17) is 5.73 Å². The monoisotopic (exact) mass is 256 g/mol. The van der Waals surface area contributed by atoms with Crippen LogP contribution in [0.2, 0.25) is 0 Å². The molecule has 0 fully saturated rings. The Bertz CT molecular complexity index is 366. The molecule has 0 heterocycles. The van der Waals surface area contributed by atoms with E-state index in [-0.39, 0.29) is 18.3 Å². The number of rotatable bonds is 5. The van der Waals surface area contributed by atoms with E-state index in [1.165, 1.54) is 5.56 Å². The van der Waals surface area contributed by atoms with Crippen LogP contribution >= 0.6 is 12.4 Å². The highest BCUT2D eigenvalue weighted by Crippen LogP contribution is 2.10. The van der Waals surface area contributed by atoms with Crippen LogP contribution in [0.15, 0.2) is 18.2 Å². The Balaban J connectivity index is 0.00000256. The maximum atomic E-state index is 11.8. The average molecular weight is 257 g/mol. The van der Waals surface area contributed by atoms with Crippen LogP contribution < -0.4 is 11.1 Å². The molecule has 0 aliphatic carbocycles. The van der Waals surface area contributed by atoms with Gasteiger partial charge in [-0.3, -0.25) is 4.79 Å². The van der Waals surface area contributed by atoms with Gasteiger partial charge in [-0.2, -0.15) is 0 Å². The lowest BCUT2D eigenvalue weighted by Crippen LogP contribution is -2.25. The Morgan fingerprint density at radius 3 is 2.59 bits per heavy atom. The summed E-state index contributed by atoms with van der Waals surface area (Å²) in [6, 6.07) is 5.86. The van der Waals surface area contributed by atoms with Crippen LogP contribution in [0, 0.1) is 13.8 Å². The Labute approximate surface area is 109 Å². The van der Waals surface area contributed by atoms with Crippen molar-refractivity contribution >= 4 is 18.3 Å². The number of nitrogens with one attached hydrogen (secondary N) is 1. The van der Waals surface area contributed by atoms with Crippen LogP contribution in [0.4, 0.5) is 0 Å². The molecule has 0 aliphatic heterocycles. The molecule has 0 aliphatic rings. The summed E-state index contributed by atoms with van der Waals surface area (Å²) in [7, 11) is 0. The van der Waals surface area contributed by atoms with Crippen LogP contribution in [-0.4, -0.2) is 19.0 Å². The van der Waals surface area contributed by atoms with Crippen molar-refractivity contribution in [2.75, 3.05) is 13.1 Å². The van der Waals surface area contributed by atoms with E-state index in [0.29, 0.717) is 13.1 Å². The number of hydrogen-bond donors (Lipinski definition) is 2. The van der Waals surface area contributed by atoms with Crippen molar-refractivity contribution in [2.45, 2.75) is 26.7 Å². The van der Waals surface area contributed by atoms with Gasteiger partial charge in [0.15, 0.2) is 0 Å². The third kappa shape index (κ3) is 5.20. The van der Waals surface area contributed by atoms with Gasteiger partial charge in [-0.15, -0.1) is 12.4 Å². The van der Waals surface area contributed by atoms with Crippen molar-refractivity contribution in [3.8, 4) is 0 Å². The third-order valence-corrected chi connectivity index (χ3v) is 2.54. The molecule has 17 heavy (non-hydrogen) atoms. The second-order valence-electron chi connectivity index (χ2n) is 4.07. The molecule has 0 atom stereocenters. The first kappa shape index (κ1) is 15.9. The predicted molar refractivity (Wildman–Crippen MR) is 73.8 cm³/mol. The van der Waals surface area contributed by atoms with E-state index in [0.717, 1.165) is 24.0 Å². The molecule has 3 nitrogen and oxygen atoms in total. The van der Waals surface area contributed by atoms with Crippen molar-refractivity contribution in [3.05, 3.63) is 34.9 Å². The SMILES string of the molecule is Cc1ccc(C(=O)NCCCCN)c(C)c1.Cl. The van der Waals surface area contributed by atoms with Crippen molar-refractivity contribution in [2.24, 2.45) is 5.73 Å². The first-order valence-electron chi connectivity index (χ1n) is 5.70. The van der Waals surface area contributed by atoms with Gasteiger partial charge in [0.25, 0.3) is 5.91 Å². The van der Waals surface area contributed by atoms with E-state index >= 15 is 0 Å². The summed E-state index contributed by atoms with van der Waals surface area (Å²) in [6.07, 6.45) is 1.89. The summed E-state index contributed by atoms with van der Waals surface area (Å²) in [5, 5.41) is 2.90. The van der Waals surface area contributed by atoms with Crippen molar-refractivity contribution in [3.63, 3.8) is 0 Å². The minimum atomic E-state index is 0. The minimum absolute atomic E-state index is 0. The van der Waals surface area contributed by atoms with Crippen LogP contribution in [-0.2, 0) is 0 Å². The first-order valence-corrected chi connectivity index (χ1v) is 5.70. The van der Waals surface area contributed by atoms with Crippen LogP contribution in [0.25, 0.3) is 0 Å². The molecule has 1 amide bonds. The van der Waals surface area contributed by atoms with Crippen LogP contribution in [0.1, 0.15) is 34.3 Å². The van der Waals surface area contributed by atoms with E-state index in [1.807, 2.05) is 32.0 Å². The number of halogens is 1. The minimum Gasteiger partial charge on any atom is -0.352 e. The highest BCUT2D eigenvalue weighted by Gasteiger charge is 2.07. The second-order valence-corrected chi connectivity index (χ2v) is 4.07. The van der Waals surface area contributed by atoms with E-state index in [9.17, 15) is 4.79 Å². The Morgan fingerprint density at radius 2 is 2.00 bits per heavy atom. The smallest absolute Gasteiger partial charge is 0.251 e. The summed E-state index contributed by atoms with van der Waals surface area (Å²) in [5.74, 6) is 0.00882. The van der Waals surface area contributed by atoms with E-state index in [2.05, 4.69) is 5.32 Å². The quantitative estimate of drug-likeness (QED) is 0.794. The molecule has 96 valence electrons. The Hall–Kier alpha value is -1.06. The van der Waals surface area contributed by atoms with Gasteiger partial charge < -0.3 is 11.1 Å². The molecule has 0 saturated heterocycles. The molecule has 4 heteroatoms. The number of carbonyl (C=O) groups excluding carboxylic acids is 1. The number of unbranched alkanes of at least 4 members (excludes halogenated alkanes) is 1. The average Bonchev–Trinajstić information content (AvgIpc) is 2.24. The van der Waals surface area contributed by atoms with Gasteiger partial charge in [0.2, 0.25) is 0 Å². The highest BCUT2D eigenvalue weighted by molar-refractivity contribution is 5.95. The van der Waals surface area contributed by atoms with Gasteiger partial charge in [0, 0.05) is 12.1 Å². The zero-order valence-electron chi connectivity index (χ0n) is 10.5. The molecule has 0 unspecified atom stereocenters. The van der Waals surface area contributed by atoms with E-state index in [1.54, 1.807) is 0 Å². The number of aryl methyl sites for hydroxylation is 2. The fraction of sp³-hybridized carbons (Fsp3) is 0.462. The van der Waals surface area contributed by atoms with Crippen molar-refractivity contribution in [1.82, 2.24) is 5.32 Å². The maximum Gasteiger partial charge on any atom is 0.251 e. The summed E-state index contributed by atoms with van der Waals surface area (Å²) < 4.78 is 0. The summed E-state index contributed by atoms with van der Waals surface area (Å²) >= 11 is 0. The van der Waals surface area contributed by atoms with Gasteiger partial charge in [0.1, 0.15) is 0 Å². The maximum absolute atomic E-state index is 11.8. The Kier molecular flexibility index (Phi) is 7.59. The lowest BCUT2D eigenvalue weighted by Gasteiger charge is -2.08. The van der Waals surface area contributed by atoms with E-state index < -0.39 is 0 Å². The first-order chi connectivity index (χ1) is 7.65. The molecule has 0 radical (unpaired) electrons. The highest BCUT2D eigenvalue weighted by atomic mass is 35.5. The number of benzene rings is 1. The number of carbonyl (C=O) groups is 1. The molecule has 0 saturated carbocycles. The van der Waals surface area contributed by atoms with Gasteiger partial charge in [-0.05, 0) is 44.9 Å². The molecule has 0 bridgehead atoms. The molecule has 0 aromatic heterocycles. The fourth-order valence-electron chi connectivity index (χ4n) is 1.63. The van der Waals surface area contributed by atoms with Crippen LogP contribution in [0.5, 0.6) is 0 Å². The molecule has 0 spiro atoms. The number of nitrogens with two attached hydrogens (primary N) is 1. The standard InChI is InChI=1S/C13H20N2O.ClH/c1-10-5-6-12(11(2)9-10)13(16)15-8-4-3-7-14;/h5-6,9H,3-4,7-8,14H2,1-2H3,(H,15,16);1H. The zero-order valence-corrected chi connectivity index (χ0v) is 11.3. The molecule has 1 rings (SSSR count). The third-order valence-electron chi connectivity index (χ3n) is 2.54. The van der Waals surface area contributed by atoms with Gasteiger partial charge in [-0.1, -0.05) is 17.7 Å². The molecule has 1 aromatic rings. The lowest BCUT2D eigenvalue weighted by molar-refractivity contribution is 0.0952. The summed E-state index contributed by atoms with van der Waals surface area (Å²) in [5.41, 5.74) is 8.35. The van der Waals surface area contributed by atoms with Gasteiger partial charge >= 0.3 is 0 Å². The normalized spacial score (nSPS) is 9.59. The molecule has 1 aromatic carbocycles. The Morgan fingerprint density at radius 1 is 1.29 bits per heavy atom. The second kappa shape index (κ2) is 8.09. The summed E-state index contributed by atoms with van der Waals surface area (Å²) in [6.45, 7) is 5.36. The lowest BCUT2D eigenvalue weighted by atomic mass is 10.1. The topological polar surface area (TPSA) is 55.1 Å².